The van der Waals surface area contributed by atoms with Crippen molar-refractivity contribution in [2.45, 2.75) is 32.4 Å². The van der Waals surface area contributed by atoms with E-state index in [1.165, 1.54) is 6.33 Å². The van der Waals surface area contributed by atoms with Crippen molar-refractivity contribution in [1.82, 2.24) is 34.5 Å². The van der Waals surface area contributed by atoms with Gasteiger partial charge in [-0.15, -0.1) is 0 Å². The Hall–Kier alpha value is -4.03. The molecule has 1 saturated heterocycles. The Morgan fingerprint density at radius 3 is 2.95 bits per heavy atom. The van der Waals surface area contributed by atoms with Crippen LogP contribution in [0, 0.1) is 0 Å². The largest absolute Gasteiger partial charge is 0.423 e. The predicted octanol–water partition coefficient (Wildman–Crippen LogP) is 3.13. The maximum absolute atomic E-state index is 13.2. The van der Waals surface area contributed by atoms with Crippen molar-refractivity contribution in [3.05, 3.63) is 47.4 Å². The van der Waals surface area contributed by atoms with Gasteiger partial charge in [-0.05, 0) is 45.5 Å². The summed E-state index contributed by atoms with van der Waals surface area (Å²) in [5.41, 5.74) is 7.58. The van der Waals surface area contributed by atoms with E-state index in [0.717, 1.165) is 0 Å². The summed E-state index contributed by atoms with van der Waals surface area (Å²) in [4.78, 5) is 42.6. The minimum atomic E-state index is -0.573. The fourth-order valence-electron chi connectivity index (χ4n) is 4.30. The van der Waals surface area contributed by atoms with Crippen LogP contribution in [-0.2, 0) is 4.79 Å². The number of nitrogen functional groups attached to an aromatic ring is 1. The van der Waals surface area contributed by atoms with Gasteiger partial charge in [0.1, 0.15) is 17.7 Å². The molecular weight excluding hydrogens is 510 g/mol. The molecule has 2 amide bonds. The lowest BCUT2D eigenvalue weighted by Gasteiger charge is -2.19. The molecule has 0 bridgehead atoms. The monoisotopic (exact) mass is 537 g/mol. The SMILES string of the molecule is CC(C)N(C)CC=CC(=O)N1CCC(n2nc(C(=O)Nc3nc4cc(Cl)ccc4o3)c3c(N)ncnc32)C1. The lowest BCUT2D eigenvalue weighted by atomic mass is 10.2. The fraction of sp³-hybridized carbons (Fsp3) is 0.360. The smallest absolute Gasteiger partial charge is 0.302 e. The number of carbonyl (C=O) groups is 2. The molecule has 0 spiro atoms. The first-order valence-electron chi connectivity index (χ1n) is 12.2. The zero-order valence-electron chi connectivity index (χ0n) is 21.3. The van der Waals surface area contributed by atoms with E-state index in [0.29, 0.717) is 59.3 Å². The number of benzene rings is 1. The van der Waals surface area contributed by atoms with Gasteiger partial charge in [-0.1, -0.05) is 17.7 Å². The second-order valence-corrected chi connectivity index (χ2v) is 9.93. The number of nitrogens with zero attached hydrogens (tertiary/aromatic N) is 7. The van der Waals surface area contributed by atoms with Gasteiger partial charge in [0.25, 0.3) is 5.91 Å². The average Bonchev–Trinajstić information content (AvgIpc) is 3.60. The van der Waals surface area contributed by atoms with Gasteiger partial charge in [0, 0.05) is 36.8 Å². The van der Waals surface area contributed by atoms with Crippen molar-refractivity contribution in [2.75, 3.05) is 37.7 Å². The van der Waals surface area contributed by atoms with Crippen molar-refractivity contribution in [1.29, 1.82) is 0 Å². The van der Waals surface area contributed by atoms with Crippen LogP contribution in [0.1, 0.15) is 36.8 Å². The van der Waals surface area contributed by atoms with E-state index in [4.69, 9.17) is 21.8 Å². The number of nitrogens with two attached hydrogens (primary N) is 1. The zero-order chi connectivity index (χ0) is 27.0. The summed E-state index contributed by atoms with van der Waals surface area (Å²) in [5.74, 6) is -0.515. The van der Waals surface area contributed by atoms with Crippen molar-refractivity contribution in [2.24, 2.45) is 0 Å². The lowest BCUT2D eigenvalue weighted by molar-refractivity contribution is -0.125. The van der Waals surface area contributed by atoms with E-state index in [1.807, 2.05) is 13.1 Å². The molecule has 1 atom stereocenters. The summed E-state index contributed by atoms with van der Waals surface area (Å²) in [6.07, 6.45) is 5.46. The molecular formula is C25H28ClN9O3. The number of amides is 2. The summed E-state index contributed by atoms with van der Waals surface area (Å²) >= 11 is 6.02. The number of rotatable bonds is 7. The number of oxazole rings is 1. The third kappa shape index (κ3) is 5.04. The van der Waals surface area contributed by atoms with E-state index in [2.05, 4.69) is 44.1 Å². The molecule has 198 valence electrons. The Balaban J connectivity index is 1.36. The van der Waals surface area contributed by atoms with Gasteiger partial charge in [-0.25, -0.2) is 14.6 Å². The van der Waals surface area contributed by atoms with Crippen molar-refractivity contribution in [3.63, 3.8) is 0 Å². The highest BCUT2D eigenvalue weighted by atomic mass is 35.5. The van der Waals surface area contributed by atoms with Crippen LogP contribution in [-0.4, -0.2) is 79.1 Å². The highest BCUT2D eigenvalue weighted by molar-refractivity contribution is 6.31. The average molecular weight is 538 g/mol. The number of hydrogen-bond donors (Lipinski definition) is 2. The number of likely N-dealkylation sites (tertiary alicyclic amines) is 1. The molecule has 3 N–H and O–H groups in total. The molecule has 1 fully saturated rings. The molecule has 13 heteroatoms. The summed E-state index contributed by atoms with van der Waals surface area (Å²) in [7, 11) is 2.01. The maximum atomic E-state index is 13.2. The molecule has 1 aliphatic rings. The van der Waals surface area contributed by atoms with Crippen LogP contribution in [0.4, 0.5) is 11.8 Å². The van der Waals surface area contributed by atoms with E-state index in [1.54, 1.807) is 33.9 Å². The molecule has 4 heterocycles. The van der Waals surface area contributed by atoms with Crippen LogP contribution in [0.3, 0.4) is 0 Å². The zero-order valence-corrected chi connectivity index (χ0v) is 22.0. The van der Waals surface area contributed by atoms with Crippen LogP contribution in [0.25, 0.3) is 22.1 Å². The van der Waals surface area contributed by atoms with Gasteiger partial charge >= 0.3 is 6.01 Å². The summed E-state index contributed by atoms with van der Waals surface area (Å²) in [6, 6.07) is 5.18. The molecule has 38 heavy (non-hydrogen) atoms. The van der Waals surface area contributed by atoms with E-state index in [-0.39, 0.29) is 29.5 Å². The van der Waals surface area contributed by atoms with E-state index >= 15 is 0 Å². The normalized spacial score (nSPS) is 16.1. The molecule has 0 saturated carbocycles. The molecule has 1 unspecified atom stereocenters. The Bertz CT molecular complexity index is 1540. The second-order valence-electron chi connectivity index (χ2n) is 9.50. The third-order valence-electron chi connectivity index (χ3n) is 6.66. The number of aromatic nitrogens is 5. The van der Waals surface area contributed by atoms with Crippen LogP contribution in [0.5, 0.6) is 0 Å². The Morgan fingerprint density at radius 1 is 1.34 bits per heavy atom. The number of likely N-dealkylation sites (N-methyl/N-ethyl adjacent to an activating group) is 1. The molecule has 0 radical (unpaired) electrons. The van der Waals surface area contributed by atoms with Crippen molar-refractivity contribution >= 4 is 57.4 Å². The molecule has 3 aromatic heterocycles. The van der Waals surface area contributed by atoms with Crippen LogP contribution in [0.2, 0.25) is 5.02 Å². The predicted molar refractivity (Wildman–Crippen MR) is 144 cm³/mol. The summed E-state index contributed by atoms with van der Waals surface area (Å²) in [5, 5.41) is 8.02. The standard InChI is InChI=1S/C25H28ClN9O3/c1-14(2)33(3)9-4-5-19(36)34-10-8-16(12-34)35-23-20(22(27)28-13-29-23)21(32-35)24(37)31-25-30-17-11-15(26)6-7-18(17)38-25/h4-7,11,13-14,16H,8-10,12H2,1-3H3,(H2,27,28,29)(H,30,31,37). The van der Waals surface area contributed by atoms with Crippen molar-refractivity contribution < 1.29 is 14.0 Å². The molecule has 1 aliphatic heterocycles. The molecule has 1 aromatic carbocycles. The van der Waals surface area contributed by atoms with Crippen LogP contribution < -0.4 is 11.1 Å². The van der Waals surface area contributed by atoms with Gasteiger partial charge in [0.15, 0.2) is 16.9 Å². The third-order valence-corrected chi connectivity index (χ3v) is 6.89. The van der Waals surface area contributed by atoms with Gasteiger partial charge in [-0.2, -0.15) is 10.1 Å². The quantitative estimate of drug-likeness (QED) is 0.339. The van der Waals surface area contributed by atoms with Crippen LogP contribution >= 0.6 is 11.6 Å². The fourth-order valence-corrected chi connectivity index (χ4v) is 4.46. The number of nitrogens with one attached hydrogen (secondary N) is 1. The highest BCUT2D eigenvalue weighted by Gasteiger charge is 2.31. The number of anilines is 2. The first-order chi connectivity index (χ1) is 18.2. The Morgan fingerprint density at radius 2 is 2.16 bits per heavy atom. The lowest BCUT2D eigenvalue weighted by Crippen LogP contribution is -2.29. The minimum Gasteiger partial charge on any atom is -0.423 e. The number of hydrogen-bond acceptors (Lipinski definition) is 9. The number of carbonyl (C=O) groups excluding carboxylic acids is 2. The summed E-state index contributed by atoms with van der Waals surface area (Å²) in [6.45, 7) is 5.87. The summed E-state index contributed by atoms with van der Waals surface area (Å²) < 4.78 is 7.26. The number of fused-ring (bicyclic) bond motifs is 2. The van der Waals surface area contributed by atoms with E-state index < -0.39 is 5.91 Å². The first kappa shape index (κ1) is 25.6. The molecule has 0 aliphatic carbocycles. The van der Waals surface area contributed by atoms with Crippen molar-refractivity contribution in [3.8, 4) is 0 Å². The minimum absolute atomic E-state index is 0.00192. The second kappa shape index (κ2) is 10.4. The van der Waals surface area contributed by atoms with Gasteiger partial charge in [-0.3, -0.25) is 14.9 Å². The van der Waals surface area contributed by atoms with Gasteiger partial charge in [0.2, 0.25) is 5.91 Å². The topological polar surface area (TPSA) is 148 Å². The Labute approximate surface area is 223 Å². The van der Waals surface area contributed by atoms with Gasteiger partial charge in [0.05, 0.1) is 11.4 Å². The Kier molecular flexibility index (Phi) is 7.00. The molecule has 12 nitrogen and oxygen atoms in total. The van der Waals surface area contributed by atoms with E-state index in [9.17, 15) is 9.59 Å². The number of halogens is 1. The molecule has 4 aromatic rings. The first-order valence-corrected chi connectivity index (χ1v) is 12.6. The van der Waals surface area contributed by atoms with Gasteiger partial charge < -0.3 is 20.0 Å². The van der Waals surface area contributed by atoms with Crippen LogP contribution in [0.15, 0.2) is 41.1 Å². The highest BCUT2D eigenvalue weighted by Crippen LogP contribution is 2.30. The maximum Gasteiger partial charge on any atom is 0.302 e. The molecule has 5 rings (SSSR count).